The maximum Gasteiger partial charge on any atom is 0.252 e. The zero-order valence-electron chi connectivity index (χ0n) is 14.2. The van der Waals surface area contributed by atoms with Crippen molar-refractivity contribution in [1.82, 2.24) is 10.6 Å². The molecule has 0 saturated carbocycles. The van der Waals surface area contributed by atoms with Gasteiger partial charge in [0, 0.05) is 28.7 Å². The SMILES string of the molecule is CCN[C@H](C)CNC(=O)c1ccccc1C(=O)c1ccc(Cl)cc1.Cl. The van der Waals surface area contributed by atoms with Gasteiger partial charge >= 0.3 is 0 Å². The minimum absolute atomic E-state index is 0. The van der Waals surface area contributed by atoms with Crippen LogP contribution in [-0.2, 0) is 0 Å². The molecule has 0 radical (unpaired) electrons. The van der Waals surface area contributed by atoms with Crippen LogP contribution >= 0.6 is 24.0 Å². The molecule has 2 aromatic carbocycles. The number of carbonyl (C=O) groups is 2. The van der Waals surface area contributed by atoms with Crippen molar-refractivity contribution in [2.24, 2.45) is 0 Å². The Hall–Kier alpha value is -1.88. The fraction of sp³-hybridized carbons (Fsp3) is 0.263. The number of carbonyl (C=O) groups excluding carboxylic acids is 2. The van der Waals surface area contributed by atoms with Crippen LogP contribution in [0.3, 0.4) is 0 Å². The number of hydrogen-bond donors (Lipinski definition) is 2. The number of likely N-dealkylation sites (N-methyl/N-ethyl adjacent to an activating group) is 1. The van der Waals surface area contributed by atoms with E-state index in [1.807, 2.05) is 13.8 Å². The van der Waals surface area contributed by atoms with Crippen molar-refractivity contribution >= 4 is 35.7 Å². The Balaban J connectivity index is 0.00000312. The van der Waals surface area contributed by atoms with Gasteiger partial charge < -0.3 is 10.6 Å². The van der Waals surface area contributed by atoms with Crippen LogP contribution in [0.1, 0.15) is 40.1 Å². The van der Waals surface area contributed by atoms with E-state index in [0.29, 0.717) is 28.3 Å². The van der Waals surface area contributed by atoms with E-state index >= 15 is 0 Å². The molecule has 2 aromatic rings. The van der Waals surface area contributed by atoms with Crippen LogP contribution in [0.5, 0.6) is 0 Å². The van der Waals surface area contributed by atoms with Gasteiger partial charge in [-0.05, 0) is 43.8 Å². The van der Waals surface area contributed by atoms with Gasteiger partial charge in [0.25, 0.3) is 5.91 Å². The summed E-state index contributed by atoms with van der Waals surface area (Å²) in [5.41, 5.74) is 1.26. The maximum atomic E-state index is 12.7. The average molecular weight is 381 g/mol. The van der Waals surface area contributed by atoms with E-state index in [4.69, 9.17) is 11.6 Å². The molecule has 0 aliphatic rings. The Labute approximate surface area is 159 Å². The fourth-order valence-electron chi connectivity index (χ4n) is 2.40. The molecule has 2 rings (SSSR count). The molecule has 0 bridgehead atoms. The molecule has 1 atom stereocenters. The lowest BCUT2D eigenvalue weighted by Crippen LogP contribution is -2.39. The van der Waals surface area contributed by atoms with E-state index in [1.165, 1.54) is 0 Å². The van der Waals surface area contributed by atoms with Crippen molar-refractivity contribution < 1.29 is 9.59 Å². The highest BCUT2D eigenvalue weighted by Gasteiger charge is 2.18. The molecule has 0 spiro atoms. The molecule has 0 saturated heterocycles. The summed E-state index contributed by atoms with van der Waals surface area (Å²) in [6, 6.07) is 13.6. The number of nitrogens with one attached hydrogen (secondary N) is 2. The number of amides is 1. The first kappa shape index (κ1) is 21.2. The first-order valence-electron chi connectivity index (χ1n) is 7.93. The van der Waals surface area contributed by atoms with E-state index in [0.717, 1.165) is 6.54 Å². The lowest BCUT2D eigenvalue weighted by atomic mass is 9.98. The molecule has 0 aliphatic heterocycles. The normalized spacial score (nSPS) is 11.3. The highest BCUT2D eigenvalue weighted by atomic mass is 35.5. The lowest BCUT2D eigenvalue weighted by molar-refractivity contribution is 0.0939. The first-order chi connectivity index (χ1) is 11.5. The molecule has 0 aromatic heterocycles. The molecule has 4 nitrogen and oxygen atoms in total. The molecule has 2 N–H and O–H groups in total. The van der Waals surface area contributed by atoms with Gasteiger partial charge in [-0.25, -0.2) is 0 Å². The smallest absolute Gasteiger partial charge is 0.252 e. The van der Waals surface area contributed by atoms with Gasteiger partial charge in [-0.15, -0.1) is 12.4 Å². The van der Waals surface area contributed by atoms with Crippen LogP contribution in [0.4, 0.5) is 0 Å². The summed E-state index contributed by atoms with van der Waals surface area (Å²) in [6.45, 7) is 5.34. The lowest BCUT2D eigenvalue weighted by Gasteiger charge is -2.14. The number of rotatable bonds is 7. The molecular formula is C19H22Cl2N2O2. The molecule has 134 valence electrons. The second-order valence-corrected chi connectivity index (χ2v) is 5.99. The van der Waals surface area contributed by atoms with Crippen LogP contribution < -0.4 is 10.6 Å². The third kappa shape index (κ3) is 5.85. The van der Waals surface area contributed by atoms with Gasteiger partial charge in [-0.3, -0.25) is 9.59 Å². The Morgan fingerprint density at radius 3 is 2.24 bits per heavy atom. The third-order valence-electron chi connectivity index (χ3n) is 3.64. The second kappa shape index (κ2) is 10.2. The third-order valence-corrected chi connectivity index (χ3v) is 3.90. The molecular weight excluding hydrogens is 359 g/mol. The largest absolute Gasteiger partial charge is 0.350 e. The number of ketones is 1. The van der Waals surface area contributed by atoms with Crippen LogP contribution in [-0.4, -0.2) is 30.8 Å². The van der Waals surface area contributed by atoms with E-state index in [1.54, 1.807) is 48.5 Å². The predicted molar refractivity (Wildman–Crippen MR) is 104 cm³/mol. The number of hydrogen-bond acceptors (Lipinski definition) is 3. The number of halogens is 2. The van der Waals surface area contributed by atoms with Gasteiger partial charge in [-0.1, -0.05) is 36.7 Å². The standard InChI is InChI=1S/C19H21ClN2O2.ClH/c1-3-21-13(2)12-22-19(24)17-7-5-4-6-16(17)18(23)14-8-10-15(20)11-9-14;/h4-11,13,21H,3,12H2,1-2H3,(H,22,24);1H/t13-;/m1./s1. The highest BCUT2D eigenvalue weighted by Crippen LogP contribution is 2.17. The van der Waals surface area contributed by atoms with E-state index in [9.17, 15) is 9.59 Å². The maximum absolute atomic E-state index is 12.7. The van der Waals surface area contributed by atoms with Gasteiger partial charge in [0.15, 0.2) is 5.78 Å². The van der Waals surface area contributed by atoms with Crippen LogP contribution in [0.15, 0.2) is 48.5 Å². The quantitative estimate of drug-likeness (QED) is 0.719. The van der Waals surface area contributed by atoms with Crippen LogP contribution in [0.2, 0.25) is 5.02 Å². The molecule has 0 fully saturated rings. The summed E-state index contributed by atoms with van der Waals surface area (Å²) in [5.74, 6) is -0.449. The van der Waals surface area contributed by atoms with Crippen molar-refractivity contribution in [2.75, 3.05) is 13.1 Å². The summed E-state index contributed by atoms with van der Waals surface area (Å²) in [7, 11) is 0. The molecule has 0 heterocycles. The summed E-state index contributed by atoms with van der Waals surface area (Å²) < 4.78 is 0. The zero-order valence-corrected chi connectivity index (χ0v) is 15.8. The monoisotopic (exact) mass is 380 g/mol. The van der Waals surface area contributed by atoms with Crippen molar-refractivity contribution in [1.29, 1.82) is 0 Å². The average Bonchev–Trinajstić information content (AvgIpc) is 2.60. The molecule has 0 unspecified atom stereocenters. The Bertz CT molecular complexity index is 718. The van der Waals surface area contributed by atoms with E-state index < -0.39 is 0 Å². The summed E-state index contributed by atoms with van der Waals surface area (Å²) in [4.78, 5) is 25.1. The minimum Gasteiger partial charge on any atom is -0.350 e. The first-order valence-corrected chi connectivity index (χ1v) is 8.31. The van der Waals surface area contributed by atoms with Gasteiger partial charge in [0.05, 0.1) is 5.56 Å². The fourth-order valence-corrected chi connectivity index (χ4v) is 2.52. The Morgan fingerprint density at radius 1 is 1.04 bits per heavy atom. The molecule has 6 heteroatoms. The summed E-state index contributed by atoms with van der Waals surface area (Å²) in [6.07, 6.45) is 0. The summed E-state index contributed by atoms with van der Waals surface area (Å²) >= 11 is 5.86. The summed E-state index contributed by atoms with van der Waals surface area (Å²) in [5, 5.41) is 6.66. The highest BCUT2D eigenvalue weighted by molar-refractivity contribution is 6.30. The van der Waals surface area contributed by atoms with Crippen LogP contribution in [0, 0.1) is 0 Å². The van der Waals surface area contributed by atoms with E-state index in [2.05, 4.69) is 10.6 Å². The van der Waals surface area contributed by atoms with Crippen molar-refractivity contribution in [3.8, 4) is 0 Å². The minimum atomic E-state index is -0.252. The predicted octanol–water partition coefficient (Wildman–Crippen LogP) is 3.72. The van der Waals surface area contributed by atoms with E-state index in [-0.39, 0.29) is 30.1 Å². The topological polar surface area (TPSA) is 58.2 Å². The van der Waals surface area contributed by atoms with Gasteiger partial charge in [-0.2, -0.15) is 0 Å². The van der Waals surface area contributed by atoms with Gasteiger partial charge in [0.1, 0.15) is 0 Å². The van der Waals surface area contributed by atoms with Crippen molar-refractivity contribution in [2.45, 2.75) is 19.9 Å². The molecule has 1 amide bonds. The van der Waals surface area contributed by atoms with Crippen LogP contribution in [0.25, 0.3) is 0 Å². The number of benzene rings is 2. The Morgan fingerprint density at radius 2 is 1.64 bits per heavy atom. The molecule has 0 aliphatic carbocycles. The van der Waals surface area contributed by atoms with Crippen molar-refractivity contribution in [3.05, 3.63) is 70.2 Å². The molecule has 25 heavy (non-hydrogen) atoms. The Kier molecular flexibility index (Phi) is 8.62. The zero-order chi connectivity index (χ0) is 17.5. The van der Waals surface area contributed by atoms with Crippen molar-refractivity contribution in [3.63, 3.8) is 0 Å². The second-order valence-electron chi connectivity index (χ2n) is 5.55. The van der Waals surface area contributed by atoms with Gasteiger partial charge in [0.2, 0.25) is 0 Å².